The molecule has 1 heterocycles. The molecule has 1 aromatic heterocycles. The maximum Gasteiger partial charge on any atom is 0.330 e. The third kappa shape index (κ3) is 3.14. The summed E-state index contributed by atoms with van der Waals surface area (Å²) in [5.41, 5.74) is -0.405. The lowest BCUT2D eigenvalue weighted by molar-refractivity contribution is -0.143. The van der Waals surface area contributed by atoms with Crippen LogP contribution in [0.2, 0.25) is 0 Å². The molecular formula is C10H13N3O5. The normalized spacial score (nSPS) is 11.7. The molecule has 1 amide bonds. The Morgan fingerprint density at radius 1 is 1.56 bits per heavy atom. The average molecular weight is 255 g/mol. The summed E-state index contributed by atoms with van der Waals surface area (Å²) in [7, 11) is 2.53. The Kier molecular flexibility index (Phi) is 4.55. The number of methoxy groups -OCH3 is 1. The molecule has 1 atom stereocenters. The van der Waals surface area contributed by atoms with Crippen LogP contribution in [0.1, 0.15) is 10.5 Å². The number of aliphatic hydroxyl groups is 1. The van der Waals surface area contributed by atoms with Gasteiger partial charge < -0.3 is 15.2 Å². The van der Waals surface area contributed by atoms with E-state index < -0.39 is 24.5 Å². The summed E-state index contributed by atoms with van der Waals surface area (Å²) in [6.07, 6.45) is 0. The Morgan fingerprint density at radius 3 is 2.72 bits per heavy atom. The molecule has 0 saturated carbocycles. The molecule has 0 aliphatic carbocycles. The van der Waals surface area contributed by atoms with Crippen molar-refractivity contribution < 1.29 is 19.4 Å². The van der Waals surface area contributed by atoms with Crippen molar-refractivity contribution in [1.82, 2.24) is 15.1 Å². The highest BCUT2D eigenvalue weighted by atomic mass is 16.5. The molecular weight excluding hydrogens is 242 g/mol. The lowest BCUT2D eigenvalue weighted by atomic mass is 10.3. The fourth-order valence-corrected chi connectivity index (χ4v) is 1.18. The minimum atomic E-state index is -1.17. The van der Waals surface area contributed by atoms with Gasteiger partial charge in [0.05, 0.1) is 13.7 Å². The topological polar surface area (TPSA) is 111 Å². The molecule has 0 fully saturated rings. The van der Waals surface area contributed by atoms with Crippen molar-refractivity contribution in [2.75, 3.05) is 13.7 Å². The quantitative estimate of drug-likeness (QED) is 0.605. The first-order valence-corrected chi connectivity index (χ1v) is 5.03. The summed E-state index contributed by atoms with van der Waals surface area (Å²) in [6.45, 7) is -0.593. The molecule has 0 bridgehead atoms. The molecule has 0 aliphatic rings. The number of ether oxygens (including phenoxy) is 1. The van der Waals surface area contributed by atoms with E-state index in [2.05, 4.69) is 15.2 Å². The first-order valence-electron chi connectivity index (χ1n) is 5.03. The van der Waals surface area contributed by atoms with Crippen LogP contribution in [0.15, 0.2) is 16.9 Å². The maximum absolute atomic E-state index is 11.7. The Hall–Kier alpha value is -2.22. The molecule has 18 heavy (non-hydrogen) atoms. The third-order valence-corrected chi connectivity index (χ3v) is 2.17. The second kappa shape index (κ2) is 5.92. The van der Waals surface area contributed by atoms with E-state index in [0.29, 0.717) is 0 Å². The number of hydrogen-bond donors (Lipinski definition) is 2. The summed E-state index contributed by atoms with van der Waals surface area (Å²) in [5, 5.41) is 14.9. The lowest BCUT2D eigenvalue weighted by Gasteiger charge is -2.13. The monoisotopic (exact) mass is 255 g/mol. The fourth-order valence-electron chi connectivity index (χ4n) is 1.18. The number of rotatable bonds is 4. The van der Waals surface area contributed by atoms with Gasteiger partial charge in [-0.2, -0.15) is 5.10 Å². The third-order valence-electron chi connectivity index (χ3n) is 2.17. The predicted molar refractivity (Wildman–Crippen MR) is 59.8 cm³/mol. The number of aromatic nitrogens is 2. The predicted octanol–water partition coefficient (Wildman–Crippen LogP) is -1.96. The number of amides is 1. The van der Waals surface area contributed by atoms with Crippen molar-refractivity contribution in [3.8, 4) is 0 Å². The number of hydrogen-bond acceptors (Lipinski definition) is 6. The number of nitrogens with one attached hydrogen (secondary N) is 1. The summed E-state index contributed by atoms with van der Waals surface area (Å²) in [5.74, 6) is -1.45. The van der Waals surface area contributed by atoms with Crippen LogP contribution in [0, 0.1) is 0 Å². The largest absolute Gasteiger partial charge is 0.467 e. The van der Waals surface area contributed by atoms with E-state index in [0.717, 1.165) is 11.8 Å². The van der Waals surface area contributed by atoms with Gasteiger partial charge in [0.2, 0.25) is 0 Å². The number of nitrogens with zero attached hydrogens (tertiary/aromatic N) is 2. The molecule has 2 N–H and O–H groups in total. The van der Waals surface area contributed by atoms with Gasteiger partial charge in [-0.15, -0.1) is 0 Å². The van der Waals surface area contributed by atoms with E-state index in [-0.39, 0.29) is 11.3 Å². The molecule has 8 nitrogen and oxygen atoms in total. The van der Waals surface area contributed by atoms with E-state index in [1.54, 1.807) is 0 Å². The highest BCUT2D eigenvalue weighted by Gasteiger charge is 2.21. The molecule has 98 valence electrons. The van der Waals surface area contributed by atoms with Crippen molar-refractivity contribution in [2.45, 2.75) is 6.04 Å². The van der Waals surface area contributed by atoms with Crippen molar-refractivity contribution in [3.05, 3.63) is 28.2 Å². The van der Waals surface area contributed by atoms with Crippen molar-refractivity contribution >= 4 is 11.9 Å². The fraction of sp³-hybridized carbons (Fsp3) is 0.400. The van der Waals surface area contributed by atoms with Gasteiger partial charge in [0.25, 0.3) is 11.5 Å². The average Bonchev–Trinajstić information content (AvgIpc) is 2.37. The molecule has 1 rings (SSSR count). The zero-order valence-corrected chi connectivity index (χ0v) is 9.91. The Morgan fingerprint density at radius 2 is 2.22 bits per heavy atom. The number of carbonyl (C=O) groups is 2. The molecule has 0 spiro atoms. The Bertz CT molecular complexity index is 510. The van der Waals surface area contributed by atoms with Gasteiger partial charge in [0.1, 0.15) is 5.69 Å². The molecule has 1 aromatic rings. The van der Waals surface area contributed by atoms with Crippen LogP contribution in [0.4, 0.5) is 0 Å². The summed E-state index contributed by atoms with van der Waals surface area (Å²) in [6, 6.07) is 1.23. The Labute approximate surface area is 102 Å². The van der Waals surface area contributed by atoms with E-state index in [1.165, 1.54) is 19.2 Å². The lowest BCUT2D eigenvalue weighted by Crippen LogP contribution is -2.44. The minimum absolute atomic E-state index is 0.0422. The van der Waals surface area contributed by atoms with Gasteiger partial charge in [0, 0.05) is 13.1 Å². The van der Waals surface area contributed by atoms with Crippen molar-refractivity contribution in [2.24, 2.45) is 7.05 Å². The standard InChI is InChI=1S/C10H13N3O5/c1-13-8(15)4-3-6(12-13)9(16)11-7(5-14)10(17)18-2/h3-4,7,14H,5H2,1-2H3,(H,11,16). The molecule has 0 saturated heterocycles. The van der Waals surface area contributed by atoms with Gasteiger partial charge in [-0.1, -0.05) is 0 Å². The smallest absolute Gasteiger partial charge is 0.330 e. The van der Waals surface area contributed by atoms with Crippen LogP contribution in [-0.2, 0) is 16.6 Å². The van der Waals surface area contributed by atoms with Crippen molar-refractivity contribution in [1.29, 1.82) is 0 Å². The van der Waals surface area contributed by atoms with Crippen LogP contribution in [-0.4, -0.2) is 46.5 Å². The van der Waals surface area contributed by atoms with Gasteiger partial charge in [0.15, 0.2) is 6.04 Å². The van der Waals surface area contributed by atoms with Crippen LogP contribution < -0.4 is 10.9 Å². The maximum atomic E-state index is 11.7. The van der Waals surface area contributed by atoms with Crippen LogP contribution in [0.3, 0.4) is 0 Å². The summed E-state index contributed by atoms with van der Waals surface area (Å²) >= 11 is 0. The molecule has 0 aromatic carbocycles. The molecule has 0 radical (unpaired) electrons. The zero-order valence-electron chi connectivity index (χ0n) is 9.91. The Balaban J connectivity index is 2.84. The molecule has 1 unspecified atom stereocenters. The SMILES string of the molecule is COC(=O)C(CO)NC(=O)c1ccc(=O)n(C)n1. The number of aryl methyl sites for hydroxylation is 1. The summed E-state index contributed by atoms with van der Waals surface area (Å²) in [4.78, 5) is 33.9. The van der Waals surface area contributed by atoms with E-state index in [9.17, 15) is 14.4 Å². The van der Waals surface area contributed by atoms with Gasteiger partial charge in [-0.05, 0) is 6.07 Å². The van der Waals surface area contributed by atoms with Gasteiger partial charge in [-0.3, -0.25) is 9.59 Å². The minimum Gasteiger partial charge on any atom is -0.467 e. The van der Waals surface area contributed by atoms with E-state index in [4.69, 9.17) is 5.11 Å². The second-order valence-electron chi connectivity index (χ2n) is 3.41. The van der Waals surface area contributed by atoms with Crippen LogP contribution in [0.25, 0.3) is 0 Å². The first-order chi connectivity index (χ1) is 8.49. The molecule has 0 aliphatic heterocycles. The van der Waals surface area contributed by atoms with Gasteiger partial charge in [-0.25, -0.2) is 9.48 Å². The number of aliphatic hydroxyl groups excluding tert-OH is 1. The summed E-state index contributed by atoms with van der Waals surface area (Å²) < 4.78 is 5.38. The number of carbonyl (C=O) groups excluding carboxylic acids is 2. The van der Waals surface area contributed by atoms with Gasteiger partial charge >= 0.3 is 5.97 Å². The molecule has 8 heteroatoms. The number of esters is 1. The van der Waals surface area contributed by atoms with E-state index in [1.807, 2.05) is 0 Å². The van der Waals surface area contributed by atoms with Crippen molar-refractivity contribution in [3.63, 3.8) is 0 Å². The second-order valence-corrected chi connectivity index (χ2v) is 3.41. The highest BCUT2D eigenvalue weighted by molar-refractivity contribution is 5.95. The van der Waals surface area contributed by atoms with E-state index >= 15 is 0 Å². The zero-order chi connectivity index (χ0) is 13.7. The van der Waals surface area contributed by atoms with Crippen LogP contribution in [0.5, 0.6) is 0 Å². The van der Waals surface area contributed by atoms with Crippen LogP contribution >= 0.6 is 0 Å². The highest BCUT2D eigenvalue weighted by Crippen LogP contribution is 1.93. The first kappa shape index (κ1) is 13.8.